The molecule has 3 N–H and O–H groups in total. The summed E-state index contributed by atoms with van der Waals surface area (Å²) in [4.78, 5) is 0. The molecule has 0 aromatic heterocycles. The molecule has 1 atom stereocenters. The van der Waals surface area contributed by atoms with E-state index >= 15 is 0 Å². The van der Waals surface area contributed by atoms with Crippen LogP contribution in [0.1, 0.15) is 17.2 Å². The number of nitrogens with two attached hydrogens (primary N) is 1. The van der Waals surface area contributed by atoms with E-state index < -0.39 is 17.7 Å². The third-order valence-corrected chi connectivity index (χ3v) is 3.54. The topological polar surface area (TPSA) is 38.0 Å². The Morgan fingerprint density at radius 2 is 1.85 bits per heavy atom. The van der Waals surface area contributed by atoms with Crippen LogP contribution in [0.5, 0.6) is 0 Å². The van der Waals surface area contributed by atoms with Crippen LogP contribution in [0.2, 0.25) is 10.0 Å². The highest BCUT2D eigenvalue weighted by molar-refractivity contribution is 6.31. The van der Waals surface area contributed by atoms with Gasteiger partial charge in [0.1, 0.15) is 11.6 Å². The van der Waals surface area contributed by atoms with Gasteiger partial charge in [-0.05, 0) is 41.8 Å². The molecular formula is C14H12Cl2F2N2. The molecule has 0 aliphatic carbocycles. The molecule has 2 nitrogen and oxygen atoms in total. The monoisotopic (exact) mass is 316 g/mol. The summed E-state index contributed by atoms with van der Waals surface area (Å²) in [6.45, 7) is 0. The predicted molar refractivity (Wildman–Crippen MR) is 76.6 cm³/mol. The van der Waals surface area contributed by atoms with Gasteiger partial charge in [0.25, 0.3) is 0 Å². The van der Waals surface area contributed by atoms with Gasteiger partial charge in [-0.15, -0.1) is 0 Å². The number of halogens is 4. The zero-order valence-electron chi connectivity index (χ0n) is 10.3. The van der Waals surface area contributed by atoms with E-state index in [4.69, 9.17) is 29.0 Å². The summed E-state index contributed by atoms with van der Waals surface area (Å²) in [7, 11) is 0. The van der Waals surface area contributed by atoms with Crippen LogP contribution >= 0.6 is 23.2 Å². The molecule has 20 heavy (non-hydrogen) atoms. The molecule has 1 unspecified atom stereocenters. The maximum atomic E-state index is 13.8. The Morgan fingerprint density at radius 1 is 1.10 bits per heavy atom. The van der Waals surface area contributed by atoms with Crippen molar-refractivity contribution < 1.29 is 8.78 Å². The average molecular weight is 317 g/mol. The molecule has 2 rings (SSSR count). The quantitative estimate of drug-likeness (QED) is 0.660. The number of hydrazine groups is 1. The summed E-state index contributed by atoms with van der Waals surface area (Å²) in [5.74, 6) is 4.63. The summed E-state index contributed by atoms with van der Waals surface area (Å²) < 4.78 is 26.8. The van der Waals surface area contributed by atoms with Crippen LogP contribution in [-0.2, 0) is 6.42 Å². The van der Waals surface area contributed by atoms with Crippen LogP contribution in [0.3, 0.4) is 0 Å². The van der Waals surface area contributed by atoms with Gasteiger partial charge >= 0.3 is 0 Å². The van der Waals surface area contributed by atoms with Crippen molar-refractivity contribution >= 4 is 23.2 Å². The molecule has 0 spiro atoms. The lowest BCUT2D eigenvalue weighted by Gasteiger charge is -2.18. The first kappa shape index (κ1) is 15.2. The highest BCUT2D eigenvalue weighted by Gasteiger charge is 2.16. The molecule has 2 aromatic rings. The molecule has 0 bridgehead atoms. The van der Waals surface area contributed by atoms with Gasteiger partial charge in [-0.1, -0.05) is 35.3 Å². The number of hydrogen-bond donors (Lipinski definition) is 2. The normalized spacial score (nSPS) is 12.4. The largest absolute Gasteiger partial charge is 0.271 e. The molecule has 106 valence electrons. The van der Waals surface area contributed by atoms with Gasteiger partial charge in [0.05, 0.1) is 6.04 Å². The van der Waals surface area contributed by atoms with Crippen molar-refractivity contribution in [1.82, 2.24) is 5.43 Å². The molecule has 0 saturated heterocycles. The molecule has 2 aromatic carbocycles. The van der Waals surface area contributed by atoms with Gasteiger partial charge in [0.2, 0.25) is 0 Å². The van der Waals surface area contributed by atoms with E-state index in [9.17, 15) is 8.78 Å². The summed E-state index contributed by atoms with van der Waals surface area (Å²) in [5, 5.41) is 0.561. The van der Waals surface area contributed by atoms with Crippen molar-refractivity contribution in [3.63, 3.8) is 0 Å². The van der Waals surface area contributed by atoms with E-state index in [0.717, 1.165) is 0 Å². The lowest BCUT2D eigenvalue weighted by molar-refractivity contribution is 0.528. The second-order valence-electron chi connectivity index (χ2n) is 4.32. The zero-order valence-corrected chi connectivity index (χ0v) is 11.8. The molecular weight excluding hydrogens is 305 g/mol. The number of rotatable bonds is 4. The standard InChI is InChI=1S/C14H12Cl2F2N2/c15-9-2-1-8(13(18)6-9)5-14(20-19)11-4-3-10(17)7-12(11)16/h1-4,6-7,14,20H,5,19H2. The van der Waals surface area contributed by atoms with Crippen LogP contribution in [0.4, 0.5) is 8.78 Å². The predicted octanol–water partition coefficient (Wildman–Crippen LogP) is 4.02. The Labute approximate surface area is 125 Å². The van der Waals surface area contributed by atoms with Crippen LogP contribution in [-0.4, -0.2) is 0 Å². The highest BCUT2D eigenvalue weighted by atomic mass is 35.5. The van der Waals surface area contributed by atoms with Crippen LogP contribution in [0.25, 0.3) is 0 Å². The van der Waals surface area contributed by atoms with E-state index in [1.54, 1.807) is 12.1 Å². The SMILES string of the molecule is NNC(Cc1ccc(Cl)cc1F)c1ccc(F)cc1Cl. The molecule has 0 fully saturated rings. The Balaban J connectivity index is 2.28. The van der Waals surface area contributed by atoms with Crippen molar-refractivity contribution in [1.29, 1.82) is 0 Å². The first-order valence-corrected chi connectivity index (χ1v) is 6.62. The molecule has 0 heterocycles. The minimum absolute atomic E-state index is 0.238. The van der Waals surface area contributed by atoms with E-state index in [-0.39, 0.29) is 11.4 Å². The van der Waals surface area contributed by atoms with Gasteiger partial charge in [-0.2, -0.15) is 0 Å². The highest BCUT2D eigenvalue weighted by Crippen LogP contribution is 2.27. The minimum Gasteiger partial charge on any atom is -0.271 e. The summed E-state index contributed by atoms with van der Waals surface area (Å²) in [5.41, 5.74) is 3.61. The average Bonchev–Trinajstić information content (AvgIpc) is 2.39. The van der Waals surface area contributed by atoms with Crippen molar-refractivity contribution in [3.05, 3.63) is 69.2 Å². The fourth-order valence-corrected chi connectivity index (χ4v) is 2.41. The van der Waals surface area contributed by atoms with Crippen molar-refractivity contribution in [2.75, 3.05) is 0 Å². The number of hydrogen-bond acceptors (Lipinski definition) is 2. The van der Waals surface area contributed by atoms with Crippen LogP contribution in [0, 0.1) is 11.6 Å². The lowest BCUT2D eigenvalue weighted by Crippen LogP contribution is -2.30. The second kappa shape index (κ2) is 6.50. The molecule has 0 aliphatic heterocycles. The smallest absolute Gasteiger partial charge is 0.127 e. The number of nitrogens with one attached hydrogen (secondary N) is 1. The molecule has 0 amide bonds. The van der Waals surface area contributed by atoms with Crippen molar-refractivity contribution in [3.8, 4) is 0 Å². The van der Waals surface area contributed by atoms with Gasteiger partial charge in [-0.25, -0.2) is 8.78 Å². The molecule has 0 radical (unpaired) electrons. The fraction of sp³-hybridized carbons (Fsp3) is 0.143. The lowest BCUT2D eigenvalue weighted by atomic mass is 9.99. The van der Waals surface area contributed by atoms with Gasteiger partial charge in [0, 0.05) is 10.0 Å². The Morgan fingerprint density at radius 3 is 2.45 bits per heavy atom. The van der Waals surface area contributed by atoms with Crippen LogP contribution < -0.4 is 11.3 Å². The van der Waals surface area contributed by atoms with Gasteiger partial charge in [-0.3, -0.25) is 11.3 Å². The first-order valence-electron chi connectivity index (χ1n) is 5.86. The molecule has 0 aliphatic rings. The van der Waals surface area contributed by atoms with E-state index in [1.807, 2.05) is 0 Å². The van der Waals surface area contributed by atoms with E-state index in [1.165, 1.54) is 24.3 Å². The second-order valence-corrected chi connectivity index (χ2v) is 5.17. The maximum Gasteiger partial charge on any atom is 0.127 e. The van der Waals surface area contributed by atoms with E-state index in [0.29, 0.717) is 16.1 Å². The summed E-state index contributed by atoms with van der Waals surface area (Å²) >= 11 is 11.7. The van der Waals surface area contributed by atoms with E-state index in [2.05, 4.69) is 5.43 Å². The Kier molecular flexibility index (Phi) is 4.94. The zero-order chi connectivity index (χ0) is 14.7. The fourth-order valence-electron chi connectivity index (χ4n) is 1.95. The van der Waals surface area contributed by atoms with Crippen LogP contribution in [0.15, 0.2) is 36.4 Å². The molecule has 6 heteroatoms. The third kappa shape index (κ3) is 3.46. The van der Waals surface area contributed by atoms with Crippen molar-refractivity contribution in [2.24, 2.45) is 5.84 Å². The Hall–Kier alpha value is -1.20. The molecule has 0 saturated carbocycles. The number of benzene rings is 2. The Bertz CT molecular complexity index is 620. The third-order valence-electron chi connectivity index (χ3n) is 2.98. The maximum absolute atomic E-state index is 13.8. The summed E-state index contributed by atoms with van der Waals surface area (Å²) in [6.07, 6.45) is 0.269. The first-order chi connectivity index (χ1) is 9.51. The van der Waals surface area contributed by atoms with Gasteiger partial charge < -0.3 is 0 Å². The summed E-state index contributed by atoms with van der Waals surface area (Å²) in [6, 6.07) is 7.98. The minimum atomic E-state index is -0.438. The van der Waals surface area contributed by atoms with Gasteiger partial charge in [0.15, 0.2) is 0 Å². The van der Waals surface area contributed by atoms with Crippen molar-refractivity contribution in [2.45, 2.75) is 12.5 Å².